The third kappa shape index (κ3) is 4.44. The van der Waals surface area contributed by atoms with Crippen LogP contribution in [0.5, 0.6) is 0 Å². The van der Waals surface area contributed by atoms with Crippen LogP contribution in [0.25, 0.3) is 5.69 Å². The highest BCUT2D eigenvalue weighted by Crippen LogP contribution is 2.18. The maximum atomic E-state index is 12.1. The smallest absolute Gasteiger partial charge is 0.210 e. The molecule has 1 N–H and O–H groups in total. The van der Waals surface area contributed by atoms with Crippen molar-refractivity contribution in [2.45, 2.75) is 17.0 Å². The zero-order valence-electron chi connectivity index (χ0n) is 13.5. The van der Waals surface area contributed by atoms with Crippen molar-refractivity contribution >= 4 is 21.8 Å². The summed E-state index contributed by atoms with van der Waals surface area (Å²) in [7, 11) is -3.49. The Morgan fingerprint density at radius 3 is 2.52 bits per heavy atom. The molecule has 1 heterocycles. The molecule has 3 aromatic rings. The van der Waals surface area contributed by atoms with Gasteiger partial charge in [0.2, 0.25) is 15.2 Å². The molecule has 130 valence electrons. The second-order valence-corrected chi connectivity index (χ2v) is 8.10. The van der Waals surface area contributed by atoms with Gasteiger partial charge in [0.05, 0.1) is 10.6 Å². The van der Waals surface area contributed by atoms with E-state index < -0.39 is 10.0 Å². The second kappa shape index (κ2) is 7.77. The first-order chi connectivity index (χ1) is 12.1. The summed E-state index contributed by atoms with van der Waals surface area (Å²) in [4.78, 5) is 0.254. The Kier molecular flexibility index (Phi) is 5.47. The van der Waals surface area contributed by atoms with Gasteiger partial charge in [-0.1, -0.05) is 47.7 Å². The predicted octanol–water partition coefficient (Wildman–Crippen LogP) is 2.04. The molecule has 0 aliphatic heterocycles. The van der Waals surface area contributed by atoms with Gasteiger partial charge in [-0.2, -0.15) is 4.68 Å². The van der Waals surface area contributed by atoms with Gasteiger partial charge in [-0.05, 0) is 41.6 Å². The van der Waals surface area contributed by atoms with E-state index >= 15 is 0 Å². The highest BCUT2D eigenvalue weighted by Gasteiger charge is 2.13. The zero-order chi connectivity index (χ0) is 17.7. The van der Waals surface area contributed by atoms with Crippen LogP contribution in [0.4, 0.5) is 0 Å². The van der Waals surface area contributed by atoms with Crippen LogP contribution in [0, 0.1) is 6.92 Å². The van der Waals surface area contributed by atoms with Crippen molar-refractivity contribution in [1.29, 1.82) is 0 Å². The van der Waals surface area contributed by atoms with E-state index in [4.69, 9.17) is 0 Å². The van der Waals surface area contributed by atoms with Gasteiger partial charge in [0.15, 0.2) is 0 Å². The molecule has 3 rings (SSSR count). The first-order valence-corrected chi connectivity index (χ1v) is 10.1. The molecule has 0 atom stereocenters. The Bertz CT molecular complexity index is 925. The zero-order valence-corrected chi connectivity index (χ0v) is 15.2. The molecule has 0 aliphatic carbocycles. The van der Waals surface area contributed by atoms with E-state index in [-0.39, 0.29) is 11.4 Å². The number of benzene rings is 2. The quantitative estimate of drug-likeness (QED) is 0.502. The summed E-state index contributed by atoms with van der Waals surface area (Å²) in [6.45, 7) is 2.29. The third-order valence-electron chi connectivity index (χ3n) is 3.40. The number of tetrazole rings is 1. The number of aryl methyl sites for hydroxylation is 1. The van der Waals surface area contributed by atoms with Gasteiger partial charge < -0.3 is 0 Å². The number of sulfonamides is 1. The summed E-state index contributed by atoms with van der Waals surface area (Å²) in [6, 6.07) is 16.1. The molecule has 0 aliphatic rings. The van der Waals surface area contributed by atoms with Gasteiger partial charge in [0.25, 0.3) is 0 Å². The third-order valence-corrected chi connectivity index (χ3v) is 5.80. The fourth-order valence-electron chi connectivity index (χ4n) is 2.12. The number of nitrogens with zero attached hydrogens (tertiary/aromatic N) is 4. The van der Waals surface area contributed by atoms with Crippen molar-refractivity contribution in [2.24, 2.45) is 0 Å². The normalized spacial score (nSPS) is 11.6. The first-order valence-electron chi connectivity index (χ1n) is 7.59. The number of hydrogen-bond donors (Lipinski definition) is 1. The van der Waals surface area contributed by atoms with Gasteiger partial charge in [-0.25, -0.2) is 13.1 Å². The summed E-state index contributed by atoms with van der Waals surface area (Å²) >= 11 is 1.39. The highest BCUT2D eigenvalue weighted by atomic mass is 32.2. The molecule has 0 amide bonds. The summed E-state index contributed by atoms with van der Waals surface area (Å²) < 4.78 is 28.5. The monoisotopic (exact) mass is 375 g/mol. The lowest BCUT2D eigenvalue weighted by Gasteiger charge is -2.07. The largest absolute Gasteiger partial charge is 0.240 e. The van der Waals surface area contributed by atoms with E-state index in [1.54, 1.807) is 35.0 Å². The van der Waals surface area contributed by atoms with Gasteiger partial charge in [0, 0.05) is 12.3 Å². The molecule has 0 fully saturated rings. The topological polar surface area (TPSA) is 89.8 Å². The first kappa shape index (κ1) is 17.6. The number of hydrogen-bond acceptors (Lipinski definition) is 6. The molecular weight excluding hydrogens is 358 g/mol. The molecule has 2 aromatic carbocycles. The van der Waals surface area contributed by atoms with Crippen molar-refractivity contribution in [1.82, 2.24) is 24.9 Å². The summed E-state index contributed by atoms with van der Waals surface area (Å²) in [5.41, 5.74) is 2.02. The van der Waals surface area contributed by atoms with Gasteiger partial charge in [0.1, 0.15) is 0 Å². The number of nitrogens with one attached hydrogen (secondary N) is 1. The highest BCUT2D eigenvalue weighted by molar-refractivity contribution is 7.99. The summed E-state index contributed by atoms with van der Waals surface area (Å²) in [5.74, 6) is 0.512. The van der Waals surface area contributed by atoms with Crippen LogP contribution in [0.3, 0.4) is 0 Å². The van der Waals surface area contributed by atoms with Crippen molar-refractivity contribution in [3.8, 4) is 5.69 Å². The van der Waals surface area contributed by atoms with Crippen LogP contribution < -0.4 is 4.72 Å². The van der Waals surface area contributed by atoms with Crippen LogP contribution in [0.1, 0.15) is 5.56 Å². The van der Waals surface area contributed by atoms with Crippen LogP contribution >= 0.6 is 11.8 Å². The van der Waals surface area contributed by atoms with Crippen LogP contribution in [-0.4, -0.2) is 40.9 Å². The Morgan fingerprint density at radius 2 is 1.80 bits per heavy atom. The van der Waals surface area contributed by atoms with Gasteiger partial charge in [-0.3, -0.25) is 0 Å². The summed E-state index contributed by atoms with van der Waals surface area (Å²) in [6.07, 6.45) is 0. The Hall–Kier alpha value is -2.23. The molecule has 0 radical (unpaired) electrons. The molecule has 1 aromatic heterocycles. The van der Waals surface area contributed by atoms with E-state index in [1.165, 1.54) is 11.8 Å². The van der Waals surface area contributed by atoms with Crippen molar-refractivity contribution in [2.75, 3.05) is 12.3 Å². The maximum absolute atomic E-state index is 12.1. The fraction of sp³-hybridized carbons (Fsp3) is 0.188. The number of aromatic nitrogens is 4. The average molecular weight is 375 g/mol. The number of rotatable bonds is 7. The average Bonchev–Trinajstić information content (AvgIpc) is 3.09. The molecule has 0 saturated heterocycles. The second-order valence-electron chi connectivity index (χ2n) is 5.27. The predicted molar refractivity (Wildman–Crippen MR) is 96.2 cm³/mol. The van der Waals surface area contributed by atoms with Crippen molar-refractivity contribution in [3.05, 3.63) is 60.2 Å². The molecule has 25 heavy (non-hydrogen) atoms. The standard InChI is InChI=1S/C16H17N5O2S2/c1-13-7-9-14(10-8-13)21-16(18-19-20-21)24-12-11-17-25(22,23)15-5-3-2-4-6-15/h2-10,17H,11-12H2,1H3. The van der Waals surface area contributed by atoms with E-state index in [1.807, 2.05) is 31.2 Å². The summed E-state index contributed by atoms with van der Waals surface area (Å²) in [5, 5.41) is 12.3. The van der Waals surface area contributed by atoms with Gasteiger partial charge in [-0.15, -0.1) is 5.10 Å². The molecule has 9 heteroatoms. The van der Waals surface area contributed by atoms with E-state index in [0.29, 0.717) is 10.9 Å². The fourth-order valence-corrected chi connectivity index (χ4v) is 4.05. The minimum atomic E-state index is -3.49. The Morgan fingerprint density at radius 1 is 1.08 bits per heavy atom. The van der Waals surface area contributed by atoms with Crippen LogP contribution in [-0.2, 0) is 10.0 Å². The van der Waals surface area contributed by atoms with E-state index in [2.05, 4.69) is 20.2 Å². The minimum Gasteiger partial charge on any atom is -0.210 e. The van der Waals surface area contributed by atoms with E-state index in [0.717, 1.165) is 11.3 Å². The molecule has 0 spiro atoms. The Labute approximate surface area is 150 Å². The molecule has 0 saturated carbocycles. The van der Waals surface area contributed by atoms with Gasteiger partial charge >= 0.3 is 0 Å². The lowest BCUT2D eigenvalue weighted by molar-refractivity contribution is 0.584. The minimum absolute atomic E-state index is 0.254. The maximum Gasteiger partial charge on any atom is 0.240 e. The van der Waals surface area contributed by atoms with Crippen molar-refractivity contribution < 1.29 is 8.42 Å². The van der Waals surface area contributed by atoms with Crippen molar-refractivity contribution in [3.63, 3.8) is 0 Å². The number of thioether (sulfide) groups is 1. The molecular formula is C16H17N5O2S2. The van der Waals surface area contributed by atoms with Crippen LogP contribution in [0.2, 0.25) is 0 Å². The molecule has 0 unspecified atom stereocenters. The van der Waals surface area contributed by atoms with E-state index in [9.17, 15) is 8.42 Å². The lowest BCUT2D eigenvalue weighted by Crippen LogP contribution is -2.26. The Balaban J connectivity index is 1.59. The SMILES string of the molecule is Cc1ccc(-n2nnnc2SCCNS(=O)(=O)c2ccccc2)cc1. The molecule has 7 nitrogen and oxygen atoms in total. The molecule has 0 bridgehead atoms. The lowest BCUT2D eigenvalue weighted by atomic mass is 10.2. The van der Waals surface area contributed by atoms with Crippen LogP contribution in [0.15, 0.2) is 64.6 Å².